The number of rotatable bonds is 2. The minimum absolute atomic E-state index is 0.00908. The summed E-state index contributed by atoms with van der Waals surface area (Å²) in [4.78, 5) is 13.2. The fourth-order valence-electron chi connectivity index (χ4n) is 2.50. The van der Waals surface area contributed by atoms with E-state index in [0.717, 1.165) is 29.7 Å². The van der Waals surface area contributed by atoms with Gasteiger partial charge in [-0.15, -0.1) is 0 Å². The molecule has 0 fully saturated rings. The number of carbonyl (C=O) groups is 1. The first-order valence-corrected chi connectivity index (χ1v) is 6.12. The lowest BCUT2D eigenvalue weighted by molar-refractivity contribution is -0.116. The highest BCUT2D eigenvalue weighted by atomic mass is 16.2. The molecule has 1 heterocycles. The molecule has 94 valence electrons. The van der Waals surface area contributed by atoms with Gasteiger partial charge in [-0.1, -0.05) is 6.07 Å². The van der Waals surface area contributed by atoms with Crippen LogP contribution in [0, 0.1) is 11.3 Å². The smallest absolute Gasteiger partial charge is 0.223 e. The van der Waals surface area contributed by atoms with Gasteiger partial charge in [0, 0.05) is 19.5 Å². The van der Waals surface area contributed by atoms with Crippen LogP contribution in [0.4, 0.5) is 5.69 Å². The third-order valence-electron chi connectivity index (χ3n) is 3.18. The lowest BCUT2D eigenvalue weighted by atomic mass is 9.99. The lowest BCUT2D eigenvalue weighted by Crippen LogP contribution is -2.26. The van der Waals surface area contributed by atoms with Gasteiger partial charge in [0.2, 0.25) is 5.91 Å². The number of benzene rings is 1. The van der Waals surface area contributed by atoms with Crippen LogP contribution >= 0.6 is 0 Å². The lowest BCUT2D eigenvalue weighted by Gasteiger charge is -2.17. The molecule has 0 bridgehead atoms. The summed E-state index contributed by atoms with van der Waals surface area (Å²) in [5, 5.41) is 9.24. The highest BCUT2D eigenvalue weighted by Gasteiger charge is 2.26. The van der Waals surface area contributed by atoms with Crippen molar-refractivity contribution in [2.75, 3.05) is 11.4 Å². The molecule has 0 spiro atoms. The standard InChI is InChI=1S/C14H17N3O/c1-9(16)5-11-6-12-3-4-17(10(2)18)14(12)13(7-11)8-15/h6-7,9H,3-5,16H2,1-2H3/t9-/m0/s1. The maximum Gasteiger partial charge on any atom is 0.223 e. The Kier molecular flexibility index (Phi) is 3.35. The Bertz CT molecular complexity index is 529. The Morgan fingerprint density at radius 3 is 2.89 bits per heavy atom. The van der Waals surface area contributed by atoms with E-state index in [4.69, 9.17) is 5.73 Å². The van der Waals surface area contributed by atoms with Crippen molar-refractivity contribution in [1.82, 2.24) is 0 Å². The summed E-state index contributed by atoms with van der Waals surface area (Å²) < 4.78 is 0. The molecule has 1 aromatic carbocycles. The fraction of sp³-hybridized carbons (Fsp3) is 0.429. The molecule has 0 saturated heterocycles. The quantitative estimate of drug-likeness (QED) is 0.852. The number of carbonyl (C=O) groups excluding carboxylic acids is 1. The first-order valence-electron chi connectivity index (χ1n) is 6.12. The minimum atomic E-state index is -0.00908. The molecule has 1 aromatic rings. The average molecular weight is 243 g/mol. The molecule has 4 heteroatoms. The highest BCUT2D eigenvalue weighted by molar-refractivity contribution is 5.95. The van der Waals surface area contributed by atoms with Crippen molar-refractivity contribution < 1.29 is 4.79 Å². The van der Waals surface area contributed by atoms with Gasteiger partial charge in [-0.25, -0.2) is 0 Å². The van der Waals surface area contributed by atoms with Crippen LogP contribution in [0.25, 0.3) is 0 Å². The van der Waals surface area contributed by atoms with Gasteiger partial charge in [-0.3, -0.25) is 4.79 Å². The van der Waals surface area contributed by atoms with Gasteiger partial charge in [0.25, 0.3) is 0 Å². The predicted octanol–water partition coefficient (Wildman–Crippen LogP) is 1.36. The maximum absolute atomic E-state index is 11.5. The number of nitriles is 1. The predicted molar refractivity (Wildman–Crippen MR) is 70.2 cm³/mol. The summed E-state index contributed by atoms with van der Waals surface area (Å²) >= 11 is 0. The van der Waals surface area contributed by atoms with E-state index in [-0.39, 0.29) is 11.9 Å². The zero-order chi connectivity index (χ0) is 13.3. The van der Waals surface area contributed by atoms with Gasteiger partial charge in [-0.05, 0) is 37.0 Å². The Hall–Kier alpha value is -1.86. The van der Waals surface area contributed by atoms with Crippen molar-refractivity contribution in [3.63, 3.8) is 0 Å². The zero-order valence-electron chi connectivity index (χ0n) is 10.7. The van der Waals surface area contributed by atoms with Gasteiger partial charge >= 0.3 is 0 Å². The molecule has 1 atom stereocenters. The van der Waals surface area contributed by atoms with E-state index in [0.29, 0.717) is 12.1 Å². The third-order valence-corrected chi connectivity index (χ3v) is 3.18. The number of amides is 1. The van der Waals surface area contributed by atoms with Crippen molar-refractivity contribution in [2.45, 2.75) is 32.7 Å². The van der Waals surface area contributed by atoms with Gasteiger partial charge in [0.1, 0.15) is 6.07 Å². The first-order chi connectivity index (χ1) is 8.52. The van der Waals surface area contributed by atoms with E-state index < -0.39 is 0 Å². The Balaban J connectivity index is 2.47. The molecule has 2 rings (SSSR count). The van der Waals surface area contributed by atoms with Crippen LogP contribution in [0.2, 0.25) is 0 Å². The van der Waals surface area contributed by atoms with Crippen LogP contribution in [-0.4, -0.2) is 18.5 Å². The molecule has 0 aromatic heterocycles. The molecule has 1 aliphatic rings. The van der Waals surface area contributed by atoms with Crippen molar-refractivity contribution in [1.29, 1.82) is 5.26 Å². The second kappa shape index (κ2) is 4.79. The zero-order valence-corrected chi connectivity index (χ0v) is 10.7. The third kappa shape index (κ3) is 2.22. The Morgan fingerprint density at radius 1 is 1.61 bits per heavy atom. The SMILES string of the molecule is CC(=O)N1CCc2cc(C[C@H](C)N)cc(C#N)c21. The molecule has 0 saturated carbocycles. The van der Waals surface area contributed by atoms with Crippen LogP contribution in [0.15, 0.2) is 12.1 Å². The topological polar surface area (TPSA) is 70.1 Å². The molecule has 18 heavy (non-hydrogen) atoms. The summed E-state index contributed by atoms with van der Waals surface area (Å²) in [6.07, 6.45) is 1.57. The van der Waals surface area contributed by atoms with E-state index in [1.165, 1.54) is 6.92 Å². The largest absolute Gasteiger partial charge is 0.328 e. The molecule has 0 unspecified atom stereocenters. The molecule has 4 nitrogen and oxygen atoms in total. The van der Waals surface area contributed by atoms with Crippen LogP contribution in [-0.2, 0) is 17.6 Å². The van der Waals surface area contributed by atoms with Crippen LogP contribution < -0.4 is 10.6 Å². The van der Waals surface area contributed by atoms with Crippen LogP contribution in [0.5, 0.6) is 0 Å². The Labute approximate surface area is 107 Å². The number of nitrogens with zero attached hydrogens (tertiary/aromatic N) is 2. The van der Waals surface area contributed by atoms with Gasteiger partial charge in [-0.2, -0.15) is 5.26 Å². The van der Waals surface area contributed by atoms with E-state index >= 15 is 0 Å². The van der Waals surface area contributed by atoms with Gasteiger partial charge in [0.05, 0.1) is 11.3 Å². The maximum atomic E-state index is 11.5. The molecule has 1 aliphatic heterocycles. The van der Waals surface area contributed by atoms with Gasteiger partial charge < -0.3 is 10.6 Å². The van der Waals surface area contributed by atoms with E-state index in [1.54, 1.807) is 4.90 Å². The molecular weight excluding hydrogens is 226 g/mol. The summed E-state index contributed by atoms with van der Waals surface area (Å²) in [6.45, 7) is 4.15. The number of anilines is 1. The number of hydrogen-bond donors (Lipinski definition) is 1. The van der Waals surface area contributed by atoms with Crippen molar-refractivity contribution in [2.24, 2.45) is 5.73 Å². The molecule has 0 radical (unpaired) electrons. The number of hydrogen-bond acceptors (Lipinski definition) is 3. The van der Waals surface area contributed by atoms with Crippen molar-refractivity contribution in [3.8, 4) is 6.07 Å². The van der Waals surface area contributed by atoms with Crippen LogP contribution in [0.3, 0.4) is 0 Å². The monoisotopic (exact) mass is 243 g/mol. The molecule has 2 N–H and O–H groups in total. The van der Waals surface area contributed by atoms with Crippen molar-refractivity contribution in [3.05, 3.63) is 28.8 Å². The first kappa shape index (κ1) is 12.6. The summed E-state index contributed by atoms with van der Waals surface area (Å²) in [6, 6.07) is 6.18. The number of nitrogens with two attached hydrogens (primary N) is 1. The van der Waals surface area contributed by atoms with E-state index in [1.807, 2.05) is 13.0 Å². The fourth-order valence-corrected chi connectivity index (χ4v) is 2.50. The average Bonchev–Trinajstić information content (AvgIpc) is 2.70. The summed E-state index contributed by atoms with van der Waals surface area (Å²) in [7, 11) is 0. The Morgan fingerprint density at radius 2 is 2.33 bits per heavy atom. The number of fused-ring (bicyclic) bond motifs is 1. The van der Waals surface area contributed by atoms with Gasteiger partial charge in [0.15, 0.2) is 0 Å². The summed E-state index contributed by atoms with van der Waals surface area (Å²) in [5.74, 6) is -0.00908. The second-order valence-corrected chi connectivity index (χ2v) is 4.86. The highest BCUT2D eigenvalue weighted by Crippen LogP contribution is 2.33. The minimum Gasteiger partial charge on any atom is -0.328 e. The van der Waals surface area contributed by atoms with E-state index in [9.17, 15) is 10.1 Å². The normalized spacial score (nSPS) is 15.1. The summed E-state index contributed by atoms with van der Waals surface area (Å²) in [5.41, 5.74) is 9.32. The second-order valence-electron chi connectivity index (χ2n) is 4.86. The molecular formula is C14H17N3O. The van der Waals surface area contributed by atoms with E-state index in [2.05, 4.69) is 12.1 Å². The molecule has 0 aliphatic carbocycles. The van der Waals surface area contributed by atoms with Crippen LogP contribution in [0.1, 0.15) is 30.5 Å². The van der Waals surface area contributed by atoms with Crippen molar-refractivity contribution >= 4 is 11.6 Å². The molecule has 1 amide bonds.